The maximum atomic E-state index is 12.5. The highest BCUT2D eigenvalue weighted by atomic mass is 16.5. The van der Waals surface area contributed by atoms with Crippen LogP contribution in [0.25, 0.3) is 0 Å². The number of aryl methyl sites for hydroxylation is 3. The number of amides is 1. The van der Waals surface area contributed by atoms with Crippen LogP contribution >= 0.6 is 0 Å². The summed E-state index contributed by atoms with van der Waals surface area (Å²) in [6.45, 7) is 9.19. The molecule has 2 heterocycles. The average molecular weight is 399 g/mol. The van der Waals surface area contributed by atoms with Gasteiger partial charge in [0.1, 0.15) is 11.5 Å². The Kier molecular flexibility index (Phi) is 7.23. The Bertz CT molecular complexity index is 852. The van der Waals surface area contributed by atoms with Crippen LogP contribution in [0.2, 0.25) is 0 Å². The van der Waals surface area contributed by atoms with Crippen LogP contribution in [0, 0.1) is 20.8 Å². The van der Waals surface area contributed by atoms with Crippen LogP contribution in [0.3, 0.4) is 0 Å². The average Bonchev–Trinajstić information content (AvgIpc) is 3.15. The zero-order valence-corrected chi connectivity index (χ0v) is 17.5. The number of rotatable bonds is 8. The van der Waals surface area contributed by atoms with Crippen molar-refractivity contribution in [2.75, 3.05) is 32.8 Å². The molecule has 1 aromatic carbocycles. The summed E-state index contributed by atoms with van der Waals surface area (Å²) >= 11 is 0. The van der Waals surface area contributed by atoms with Crippen LogP contribution < -0.4 is 5.32 Å². The van der Waals surface area contributed by atoms with Crippen molar-refractivity contribution in [3.63, 3.8) is 0 Å². The second kappa shape index (κ2) is 9.85. The normalized spacial score (nSPS) is 15.8. The quantitative estimate of drug-likeness (QED) is 0.691. The van der Waals surface area contributed by atoms with E-state index in [1.54, 1.807) is 0 Å². The molecule has 156 valence electrons. The lowest BCUT2D eigenvalue weighted by atomic mass is 9.99. The fourth-order valence-corrected chi connectivity index (χ4v) is 3.63. The zero-order valence-electron chi connectivity index (χ0n) is 17.5. The number of ketones is 1. The van der Waals surface area contributed by atoms with E-state index >= 15 is 0 Å². The highest BCUT2D eigenvalue weighted by Crippen LogP contribution is 2.23. The Balaban J connectivity index is 1.55. The number of hydrogen-bond acceptors (Lipinski definition) is 5. The molecule has 1 aliphatic rings. The topological polar surface area (TPSA) is 71.8 Å². The van der Waals surface area contributed by atoms with Gasteiger partial charge in [-0.1, -0.05) is 17.7 Å². The highest BCUT2D eigenvalue weighted by Gasteiger charge is 2.25. The van der Waals surface area contributed by atoms with E-state index in [1.165, 1.54) is 0 Å². The summed E-state index contributed by atoms with van der Waals surface area (Å²) in [4.78, 5) is 27.2. The van der Waals surface area contributed by atoms with Crippen LogP contribution in [0.5, 0.6) is 0 Å². The van der Waals surface area contributed by atoms with Crippen molar-refractivity contribution in [1.29, 1.82) is 0 Å². The van der Waals surface area contributed by atoms with E-state index in [9.17, 15) is 9.59 Å². The Morgan fingerprint density at radius 1 is 1.07 bits per heavy atom. The summed E-state index contributed by atoms with van der Waals surface area (Å²) in [7, 11) is 0. The van der Waals surface area contributed by atoms with Gasteiger partial charge in [0.2, 0.25) is 5.91 Å². The summed E-state index contributed by atoms with van der Waals surface area (Å²) in [5, 5.41) is 2.99. The first kappa shape index (κ1) is 21.3. The lowest BCUT2D eigenvalue weighted by molar-refractivity contribution is -0.121. The zero-order chi connectivity index (χ0) is 20.8. The molecule has 6 heteroatoms. The van der Waals surface area contributed by atoms with Crippen molar-refractivity contribution < 1.29 is 18.7 Å². The van der Waals surface area contributed by atoms with E-state index in [-0.39, 0.29) is 30.6 Å². The van der Waals surface area contributed by atoms with Crippen LogP contribution in [-0.2, 0) is 9.53 Å². The number of Topliss-reactive ketones (excluding diaryl/α,β-unsaturated/α-hetero) is 1. The van der Waals surface area contributed by atoms with Gasteiger partial charge in [0.25, 0.3) is 0 Å². The molecule has 2 aromatic rings. The molecule has 1 N–H and O–H groups in total. The van der Waals surface area contributed by atoms with Crippen molar-refractivity contribution >= 4 is 11.7 Å². The van der Waals surface area contributed by atoms with Crippen molar-refractivity contribution in [1.82, 2.24) is 10.2 Å². The molecule has 1 fully saturated rings. The first-order chi connectivity index (χ1) is 13.9. The van der Waals surface area contributed by atoms with Gasteiger partial charge in [-0.05, 0) is 44.5 Å². The summed E-state index contributed by atoms with van der Waals surface area (Å²) < 4.78 is 11.3. The summed E-state index contributed by atoms with van der Waals surface area (Å²) in [5.41, 5.74) is 2.70. The first-order valence-corrected chi connectivity index (χ1v) is 10.2. The van der Waals surface area contributed by atoms with E-state index in [2.05, 4.69) is 10.2 Å². The van der Waals surface area contributed by atoms with Gasteiger partial charge in [-0.3, -0.25) is 14.5 Å². The molecular formula is C23H30N2O4. The highest BCUT2D eigenvalue weighted by molar-refractivity contribution is 5.99. The Morgan fingerprint density at radius 3 is 2.52 bits per heavy atom. The molecule has 0 spiro atoms. The van der Waals surface area contributed by atoms with Gasteiger partial charge in [-0.2, -0.15) is 0 Å². The number of ether oxygens (including phenoxy) is 1. The fourth-order valence-electron chi connectivity index (χ4n) is 3.63. The molecule has 1 atom stereocenters. The predicted molar refractivity (Wildman–Crippen MR) is 111 cm³/mol. The molecule has 0 bridgehead atoms. The number of morpholine rings is 1. The number of carbonyl (C=O) groups excluding carboxylic acids is 2. The van der Waals surface area contributed by atoms with E-state index < -0.39 is 0 Å². The van der Waals surface area contributed by atoms with Crippen molar-refractivity contribution in [2.24, 2.45) is 0 Å². The second-order valence-corrected chi connectivity index (χ2v) is 7.66. The van der Waals surface area contributed by atoms with E-state index in [1.807, 2.05) is 51.1 Å². The molecule has 1 unspecified atom stereocenters. The van der Waals surface area contributed by atoms with E-state index in [4.69, 9.17) is 9.15 Å². The minimum atomic E-state index is -0.120. The molecule has 1 saturated heterocycles. The third-order valence-corrected chi connectivity index (χ3v) is 5.34. The van der Waals surface area contributed by atoms with Gasteiger partial charge in [-0.25, -0.2) is 0 Å². The Hall–Kier alpha value is -2.44. The fraction of sp³-hybridized carbons (Fsp3) is 0.478. The van der Waals surface area contributed by atoms with Crippen molar-refractivity contribution in [2.45, 2.75) is 39.7 Å². The number of hydrogen-bond donors (Lipinski definition) is 1. The number of nitrogens with zero attached hydrogens (tertiary/aromatic N) is 1. The Labute approximate surface area is 172 Å². The largest absolute Gasteiger partial charge is 0.465 e. The lowest BCUT2D eigenvalue weighted by Gasteiger charge is -2.33. The molecule has 0 saturated carbocycles. The summed E-state index contributed by atoms with van der Waals surface area (Å²) in [5.74, 6) is 1.58. The van der Waals surface area contributed by atoms with Gasteiger partial charge in [0, 0.05) is 38.0 Å². The molecule has 1 aliphatic heterocycles. The Morgan fingerprint density at radius 2 is 1.83 bits per heavy atom. The first-order valence-electron chi connectivity index (χ1n) is 10.2. The second-order valence-electron chi connectivity index (χ2n) is 7.66. The van der Waals surface area contributed by atoms with Gasteiger partial charge >= 0.3 is 0 Å². The standard InChI is InChI=1S/C23H30N2O4/c1-16-4-5-17(2)19(14-16)21(26)7-9-23(27)24-15-20(22-8-6-18(3)29-22)25-10-12-28-13-11-25/h4-6,8,14,20H,7,9-13,15H2,1-3H3,(H,24,27). The van der Waals surface area contributed by atoms with E-state index in [0.29, 0.717) is 25.3 Å². The lowest BCUT2D eigenvalue weighted by Crippen LogP contribution is -2.43. The van der Waals surface area contributed by atoms with Gasteiger partial charge in [0.15, 0.2) is 5.78 Å². The SMILES string of the molecule is Cc1ccc(C)c(C(=O)CCC(=O)NCC(c2ccc(C)o2)N2CCOCC2)c1. The summed E-state index contributed by atoms with van der Waals surface area (Å²) in [6.07, 6.45) is 0.386. The third-order valence-electron chi connectivity index (χ3n) is 5.34. The molecule has 1 aromatic heterocycles. The number of nitrogens with one attached hydrogen (secondary N) is 1. The van der Waals surface area contributed by atoms with Crippen LogP contribution in [0.1, 0.15) is 51.9 Å². The molecule has 6 nitrogen and oxygen atoms in total. The monoisotopic (exact) mass is 398 g/mol. The van der Waals surface area contributed by atoms with Gasteiger partial charge in [-0.15, -0.1) is 0 Å². The van der Waals surface area contributed by atoms with Crippen LogP contribution in [0.4, 0.5) is 0 Å². The van der Waals surface area contributed by atoms with Gasteiger partial charge < -0.3 is 14.5 Å². The maximum Gasteiger partial charge on any atom is 0.220 e. The number of furan rings is 1. The molecule has 3 rings (SSSR count). The maximum absolute atomic E-state index is 12.5. The molecule has 1 amide bonds. The number of carbonyl (C=O) groups is 2. The minimum Gasteiger partial charge on any atom is -0.465 e. The van der Waals surface area contributed by atoms with Crippen molar-refractivity contribution in [3.05, 3.63) is 58.5 Å². The van der Waals surface area contributed by atoms with E-state index in [0.717, 1.165) is 35.7 Å². The smallest absolute Gasteiger partial charge is 0.220 e. The minimum absolute atomic E-state index is 0.00717. The third kappa shape index (κ3) is 5.78. The van der Waals surface area contributed by atoms with Gasteiger partial charge in [0.05, 0.1) is 19.3 Å². The van der Waals surface area contributed by atoms with Crippen LogP contribution in [0.15, 0.2) is 34.7 Å². The van der Waals surface area contributed by atoms with Crippen molar-refractivity contribution in [3.8, 4) is 0 Å². The molecular weight excluding hydrogens is 368 g/mol. The molecule has 0 radical (unpaired) electrons. The molecule has 29 heavy (non-hydrogen) atoms. The predicted octanol–water partition coefficient (Wildman–Crippen LogP) is 3.36. The summed E-state index contributed by atoms with van der Waals surface area (Å²) in [6, 6.07) is 9.69. The number of benzene rings is 1. The molecule has 0 aliphatic carbocycles. The van der Waals surface area contributed by atoms with Crippen LogP contribution in [-0.4, -0.2) is 49.4 Å².